The van der Waals surface area contributed by atoms with Crippen molar-refractivity contribution in [2.24, 2.45) is 0 Å². The van der Waals surface area contributed by atoms with Crippen LogP contribution < -0.4 is 14.9 Å². The molecular formula is C24H25N3O3S. The number of hydrogen-bond donors (Lipinski definition) is 2. The lowest BCUT2D eigenvalue weighted by Crippen LogP contribution is -2.26. The Morgan fingerprint density at radius 3 is 2.45 bits per heavy atom. The van der Waals surface area contributed by atoms with E-state index in [9.17, 15) is 13.2 Å². The molecule has 3 aromatic rings. The normalized spacial score (nSPS) is 13.1. The molecule has 0 aromatic heterocycles. The van der Waals surface area contributed by atoms with Crippen LogP contribution in [0.3, 0.4) is 0 Å². The molecule has 0 bridgehead atoms. The maximum absolute atomic E-state index is 12.8. The first-order valence-electron chi connectivity index (χ1n) is 10.1. The molecule has 3 aromatic carbocycles. The van der Waals surface area contributed by atoms with E-state index in [-0.39, 0.29) is 5.91 Å². The van der Waals surface area contributed by atoms with Gasteiger partial charge >= 0.3 is 0 Å². The van der Waals surface area contributed by atoms with Gasteiger partial charge in [-0.15, -0.1) is 0 Å². The molecule has 0 atom stereocenters. The molecule has 0 aliphatic carbocycles. The van der Waals surface area contributed by atoms with E-state index < -0.39 is 10.0 Å². The second-order valence-electron chi connectivity index (χ2n) is 7.68. The summed E-state index contributed by atoms with van der Waals surface area (Å²) in [6, 6.07) is 20.6. The summed E-state index contributed by atoms with van der Waals surface area (Å²) in [7, 11) is -2.02. The quantitative estimate of drug-likeness (QED) is 0.624. The molecule has 1 heterocycles. The zero-order chi connectivity index (χ0) is 22.0. The van der Waals surface area contributed by atoms with Gasteiger partial charge in [0, 0.05) is 24.8 Å². The van der Waals surface area contributed by atoms with E-state index in [0.29, 0.717) is 16.9 Å². The molecule has 0 fully saturated rings. The smallest absolute Gasteiger partial charge is 0.255 e. The highest BCUT2D eigenvalue weighted by Gasteiger charge is 2.19. The number of carbonyl (C=O) groups is 1. The van der Waals surface area contributed by atoms with Gasteiger partial charge in [-0.2, -0.15) is 0 Å². The number of carbonyl (C=O) groups excluding carboxylic acids is 1. The van der Waals surface area contributed by atoms with Crippen LogP contribution in [0.1, 0.15) is 22.3 Å². The van der Waals surface area contributed by atoms with E-state index in [1.165, 1.54) is 16.9 Å². The molecule has 0 radical (unpaired) electrons. The van der Waals surface area contributed by atoms with Gasteiger partial charge in [0.05, 0.1) is 17.6 Å². The van der Waals surface area contributed by atoms with Crippen LogP contribution in [0.25, 0.3) is 11.1 Å². The van der Waals surface area contributed by atoms with Crippen LogP contribution in [-0.4, -0.2) is 34.2 Å². The van der Waals surface area contributed by atoms with Crippen molar-refractivity contribution in [2.75, 3.05) is 34.8 Å². The number of rotatable bonds is 5. The van der Waals surface area contributed by atoms with E-state index in [4.69, 9.17) is 0 Å². The number of anilines is 3. The third kappa shape index (κ3) is 4.56. The van der Waals surface area contributed by atoms with E-state index in [0.717, 1.165) is 42.5 Å². The average Bonchev–Trinajstić information content (AvgIpc) is 2.78. The van der Waals surface area contributed by atoms with E-state index in [1.54, 1.807) is 30.3 Å². The number of fused-ring (bicyclic) bond motifs is 1. The van der Waals surface area contributed by atoms with Crippen molar-refractivity contribution in [1.29, 1.82) is 0 Å². The van der Waals surface area contributed by atoms with Gasteiger partial charge in [-0.05, 0) is 65.9 Å². The first-order valence-corrected chi connectivity index (χ1v) is 12.0. The van der Waals surface area contributed by atoms with Crippen LogP contribution in [0.2, 0.25) is 0 Å². The maximum atomic E-state index is 12.8. The molecule has 160 valence electrons. The van der Waals surface area contributed by atoms with Gasteiger partial charge in [0.25, 0.3) is 5.91 Å². The van der Waals surface area contributed by atoms with E-state index in [1.807, 2.05) is 24.3 Å². The Bertz CT molecular complexity index is 1220. The number of amides is 1. The van der Waals surface area contributed by atoms with Crippen molar-refractivity contribution in [3.63, 3.8) is 0 Å². The number of sulfonamides is 1. The zero-order valence-electron chi connectivity index (χ0n) is 17.6. The Hall–Kier alpha value is -3.32. The predicted molar refractivity (Wildman–Crippen MR) is 126 cm³/mol. The summed E-state index contributed by atoms with van der Waals surface area (Å²) in [6.45, 7) is 0.981. The Balaban J connectivity index is 1.75. The largest absolute Gasteiger partial charge is 0.385 e. The van der Waals surface area contributed by atoms with Gasteiger partial charge in [0.2, 0.25) is 10.0 Å². The Morgan fingerprint density at radius 2 is 1.71 bits per heavy atom. The highest BCUT2D eigenvalue weighted by Crippen LogP contribution is 2.34. The third-order valence-electron chi connectivity index (χ3n) is 5.49. The number of benzene rings is 3. The summed E-state index contributed by atoms with van der Waals surface area (Å²) in [5.41, 5.74) is 5.69. The van der Waals surface area contributed by atoms with Crippen molar-refractivity contribution in [1.82, 2.24) is 0 Å². The van der Waals surface area contributed by atoms with Gasteiger partial charge in [-0.1, -0.05) is 30.3 Å². The van der Waals surface area contributed by atoms with Crippen LogP contribution in [-0.2, 0) is 16.4 Å². The van der Waals surface area contributed by atoms with E-state index in [2.05, 4.69) is 22.8 Å². The highest BCUT2D eigenvalue weighted by molar-refractivity contribution is 7.92. The van der Waals surface area contributed by atoms with Crippen molar-refractivity contribution in [3.05, 3.63) is 77.9 Å². The van der Waals surface area contributed by atoms with Crippen LogP contribution in [0, 0.1) is 0 Å². The predicted octanol–water partition coefficient (Wildman–Crippen LogP) is 4.36. The van der Waals surface area contributed by atoms with Gasteiger partial charge in [0.15, 0.2) is 0 Å². The van der Waals surface area contributed by atoms with Gasteiger partial charge < -0.3 is 10.6 Å². The summed E-state index contributed by atoms with van der Waals surface area (Å²) in [6.07, 6.45) is 3.25. The number of nitrogens with one attached hydrogen (secondary N) is 2. The van der Waals surface area contributed by atoms with Crippen LogP contribution in [0.5, 0.6) is 0 Å². The monoisotopic (exact) mass is 435 g/mol. The second-order valence-corrected chi connectivity index (χ2v) is 9.70. The molecule has 0 spiro atoms. The van der Waals surface area contributed by atoms with Crippen LogP contribution in [0.15, 0.2) is 66.7 Å². The Labute approximate surface area is 183 Å². The van der Waals surface area contributed by atoms with Gasteiger partial charge in [-0.25, -0.2) is 8.42 Å². The van der Waals surface area contributed by atoms with Crippen molar-refractivity contribution in [2.45, 2.75) is 12.8 Å². The Morgan fingerprint density at radius 1 is 1.00 bits per heavy atom. The standard InChI is InChI=1S/C24H25N3O3S/c1-27(31(2,29)30)23-13-11-19(18-10-12-21-20(15-18)9-6-14-25-21)16-22(23)26-24(28)17-7-4-3-5-8-17/h3-5,7-8,10-13,15-16,25H,6,9,14H2,1-2H3,(H,26,28). The summed E-state index contributed by atoms with van der Waals surface area (Å²) >= 11 is 0. The molecule has 6 nitrogen and oxygen atoms in total. The fraction of sp³-hybridized carbons (Fsp3) is 0.208. The molecule has 1 amide bonds. The summed E-state index contributed by atoms with van der Waals surface area (Å²) in [5.74, 6) is -0.296. The molecule has 4 rings (SSSR count). The molecular weight excluding hydrogens is 410 g/mol. The van der Waals surface area contributed by atoms with Crippen molar-refractivity contribution < 1.29 is 13.2 Å². The lowest BCUT2D eigenvalue weighted by molar-refractivity contribution is 0.102. The minimum Gasteiger partial charge on any atom is -0.385 e. The zero-order valence-corrected chi connectivity index (χ0v) is 18.4. The highest BCUT2D eigenvalue weighted by atomic mass is 32.2. The number of hydrogen-bond acceptors (Lipinski definition) is 4. The van der Waals surface area contributed by atoms with Crippen LogP contribution in [0.4, 0.5) is 17.1 Å². The first-order chi connectivity index (χ1) is 14.8. The Kier molecular flexibility index (Phi) is 5.69. The minimum absolute atomic E-state index is 0.296. The third-order valence-corrected chi connectivity index (χ3v) is 6.69. The van der Waals surface area contributed by atoms with E-state index >= 15 is 0 Å². The maximum Gasteiger partial charge on any atom is 0.255 e. The fourth-order valence-electron chi connectivity index (χ4n) is 3.71. The van der Waals surface area contributed by atoms with Gasteiger partial charge in [0.1, 0.15) is 0 Å². The SMILES string of the molecule is CN(c1ccc(-c2ccc3c(c2)CCCN3)cc1NC(=O)c1ccccc1)S(C)(=O)=O. The molecule has 1 aliphatic rings. The lowest BCUT2D eigenvalue weighted by Gasteiger charge is -2.22. The number of nitrogens with zero attached hydrogens (tertiary/aromatic N) is 1. The molecule has 1 aliphatic heterocycles. The molecule has 7 heteroatoms. The fourth-order valence-corrected chi connectivity index (χ4v) is 4.22. The lowest BCUT2D eigenvalue weighted by atomic mass is 9.97. The van der Waals surface area contributed by atoms with Crippen LogP contribution >= 0.6 is 0 Å². The molecule has 31 heavy (non-hydrogen) atoms. The second kappa shape index (κ2) is 8.43. The molecule has 0 saturated carbocycles. The molecule has 2 N–H and O–H groups in total. The number of aryl methyl sites for hydroxylation is 1. The summed E-state index contributed by atoms with van der Waals surface area (Å²) in [4.78, 5) is 12.8. The van der Waals surface area contributed by atoms with Gasteiger partial charge in [-0.3, -0.25) is 9.10 Å². The topological polar surface area (TPSA) is 78.5 Å². The molecule has 0 saturated heterocycles. The average molecular weight is 436 g/mol. The summed E-state index contributed by atoms with van der Waals surface area (Å²) < 4.78 is 25.5. The first kappa shape index (κ1) is 20.9. The summed E-state index contributed by atoms with van der Waals surface area (Å²) in [5, 5.41) is 6.30. The minimum atomic E-state index is -3.49. The van der Waals surface area contributed by atoms with Crippen molar-refractivity contribution in [3.8, 4) is 11.1 Å². The van der Waals surface area contributed by atoms with Crippen molar-refractivity contribution >= 4 is 33.0 Å². The molecule has 0 unspecified atom stereocenters.